The smallest absolute Gasteiger partial charge is 0.277 e. The molecule has 3 aromatic heterocycles. The molecule has 1 unspecified atom stereocenters. The maximum atomic E-state index is 14.9. The van der Waals surface area contributed by atoms with E-state index in [0.29, 0.717) is 18.2 Å². The van der Waals surface area contributed by atoms with Crippen molar-refractivity contribution in [3.63, 3.8) is 0 Å². The van der Waals surface area contributed by atoms with Crippen molar-refractivity contribution in [2.75, 3.05) is 6.61 Å². The van der Waals surface area contributed by atoms with Crippen LogP contribution in [0.5, 0.6) is 0 Å². The molecule has 5 aromatic rings. The Bertz CT molecular complexity index is 1620. The third-order valence-electron chi connectivity index (χ3n) is 5.92. The first-order chi connectivity index (χ1) is 16.5. The molecule has 1 aliphatic rings. The van der Waals surface area contributed by atoms with Gasteiger partial charge in [0.05, 0.1) is 23.7 Å². The molecule has 11 heteroatoms. The summed E-state index contributed by atoms with van der Waals surface area (Å²) in [6, 6.07) is 7.46. The lowest BCUT2D eigenvalue weighted by molar-refractivity contribution is 0.0972. The van der Waals surface area contributed by atoms with Crippen molar-refractivity contribution >= 4 is 16.6 Å². The molecule has 1 atom stereocenters. The second kappa shape index (κ2) is 7.80. The number of fused-ring (bicyclic) bond motifs is 3. The predicted octanol–water partition coefficient (Wildman–Crippen LogP) is 3.96. The molecule has 0 aliphatic carbocycles. The molecule has 1 fully saturated rings. The van der Waals surface area contributed by atoms with Crippen molar-refractivity contribution in [2.24, 2.45) is 0 Å². The Morgan fingerprint density at radius 1 is 1.09 bits per heavy atom. The zero-order chi connectivity index (χ0) is 23.4. The Labute approximate surface area is 189 Å². The number of imidazole rings is 1. The fourth-order valence-corrected chi connectivity index (χ4v) is 4.35. The van der Waals surface area contributed by atoms with Crippen LogP contribution in [-0.4, -0.2) is 36.8 Å². The predicted molar refractivity (Wildman–Crippen MR) is 115 cm³/mol. The molecule has 172 valence electrons. The van der Waals surface area contributed by atoms with Crippen molar-refractivity contribution in [3.8, 4) is 23.0 Å². The number of ether oxygens (including phenoxy) is 1. The average molecular weight is 467 g/mol. The second-order valence-electron chi connectivity index (χ2n) is 8.02. The van der Waals surface area contributed by atoms with Gasteiger partial charge in [-0.2, -0.15) is 4.98 Å². The van der Waals surface area contributed by atoms with E-state index in [1.807, 2.05) is 0 Å². The molecule has 4 heterocycles. The Morgan fingerprint density at radius 3 is 2.76 bits per heavy atom. The highest BCUT2D eigenvalue weighted by Gasteiger charge is 2.25. The van der Waals surface area contributed by atoms with Gasteiger partial charge in [-0.3, -0.25) is 13.8 Å². The molecule has 6 rings (SSSR count). The van der Waals surface area contributed by atoms with Gasteiger partial charge in [-0.15, -0.1) is 0 Å². The van der Waals surface area contributed by atoms with E-state index >= 15 is 0 Å². The van der Waals surface area contributed by atoms with E-state index in [4.69, 9.17) is 9.26 Å². The maximum absolute atomic E-state index is 14.9. The summed E-state index contributed by atoms with van der Waals surface area (Å²) in [5.74, 6) is -2.41. The molecular formula is C23H16F3N5O3. The van der Waals surface area contributed by atoms with E-state index < -0.39 is 23.0 Å². The number of hydrogen-bond donors (Lipinski definition) is 0. The van der Waals surface area contributed by atoms with Gasteiger partial charge in [0, 0.05) is 12.7 Å². The zero-order valence-corrected chi connectivity index (χ0v) is 17.5. The SMILES string of the molecule is O=c1c2c(-c3noc(-c4ccc(F)cc4F)n3)ncn2c2cccc(F)c2n1CC1CCCO1. The highest BCUT2D eigenvalue weighted by atomic mass is 19.1. The minimum atomic E-state index is -0.870. The van der Waals surface area contributed by atoms with E-state index in [1.165, 1.54) is 27.4 Å². The van der Waals surface area contributed by atoms with Crippen LogP contribution in [0.15, 0.2) is 52.0 Å². The lowest BCUT2D eigenvalue weighted by Gasteiger charge is -2.16. The Balaban J connectivity index is 1.55. The lowest BCUT2D eigenvalue weighted by Crippen LogP contribution is -2.29. The van der Waals surface area contributed by atoms with Crippen LogP contribution in [0.2, 0.25) is 0 Å². The largest absolute Gasteiger partial charge is 0.376 e. The number of aromatic nitrogens is 5. The molecule has 0 N–H and O–H groups in total. The summed E-state index contributed by atoms with van der Waals surface area (Å²) in [5.41, 5.74) is 0.186. The molecular weight excluding hydrogens is 451 g/mol. The molecule has 34 heavy (non-hydrogen) atoms. The normalized spacial score (nSPS) is 16.1. The number of para-hydroxylation sites is 1. The van der Waals surface area contributed by atoms with Crippen LogP contribution in [0.4, 0.5) is 13.2 Å². The van der Waals surface area contributed by atoms with Crippen molar-refractivity contribution in [3.05, 3.63) is 70.5 Å². The maximum Gasteiger partial charge on any atom is 0.277 e. The first-order valence-corrected chi connectivity index (χ1v) is 10.6. The molecule has 0 amide bonds. The minimum absolute atomic E-state index is 0.0576. The number of benzene rings is 2. The van der Waals surface area contributed by atoms with E-state index in [9.17, 15) is 18.0 Å². The Morgan fingerprint density at radius 2 is 1.97 bits per heavy atom. The van der Waals surface area contributed by atoms with E-state index in [1.54, 1.807) is 12.1 Å². The molecule has 1 saturated heterocycles. The number of nitrogens with zero attached hydrogens (tertiary/aromatic N) is 5. The van der Waals surface area contributed by atoms with Gasteiger partial charge < -0.3 is 9.26 Å². The monoisotopic (exact) mass is 467 g/mol. The standard InChI is InChI=1S/C23H16F3N5O3/c24-12-6-7-14(16(26)9-12)22-28-21(29-34-22)18-20-23(32)30(10-13-3-2-8-33-13)19-15(25)4-1-5-17(19)31(20)11-27-18/h1,4-7,9,11,13H,2-3,8,10H2. The fourth-order valence-electron chi connectivity index (χ4n) is 4.35. The molecule has 2 aromatic carbocycles. The summed E-state index contributed by atoms with van der Waals surface area (Å²) in [6.07, 6.45) is 2.79. The first kappa shape index (κ1) is 20.6. The van der Waals surface area contributed by atoms with Crippen LogP contribution in [0, 0.1) is 17.5 Å². The van der Waals surface area contributed by atoms with Gasteiger partial charge in [0.25, 0.3) is 11.4 Å². The van der Waals surface area contributed by atoms with Crippen molar-refractivity contribution < 1.29 is 22.4 Å². The van der Waals surface area contributed by atoms with Crippen LogP contribution >= 0.6 is 0 Å². The van der Waals surface area contributed by atoms with Crippen LogP contribution in [0.25, 0.3) is 39.5 Å². The van der Waals surface area contributed by atoms with Gasteiger partial charge in [-0.05, 0) is 37.1 Å². The van der Waals surface area contributed by atoms with Gasteiger partial charge in [0.2, 0.25) is 5.82 Å². The summed E-state index contributed by atoms with van der Waals surface area (Å²) in [4.78, 5) is 22.1. The molecule has 0 spiro atoms. The van der Waals surface area contributed by atoms with Gasteiger partial charge in [0.1, 0.15) is 40.5 Å². The number of rotatable bonds is 4. The van der Waals surface area contributed by atoms with Gasteiger partial charge in [-0.1, -0.05) is 11.2 Å². The highest BCUT2D eigenvalue weighted by molar-refractivity contribution is 5.84. The Hall–Kier alpha value is -3.99. The summed E-state index contributed by atoms with van der Waals surface area (Å²) in [7, 11) is 0. The third-order valence-corrected chi connectivity index (χ3v) is 5.92. The van der Waals surface area contributed by atoms with Crippen molar-refractivity contribution in [2.45, 2.75) is 25.5 Å². The third kappa shape index (κ3) is 3.19. The topological polar surface area (TPSA) is 87.5 Å². The number of halogens is 3. The zero-order valence-electron chi connectivity index (χ0n) is 17.5. The molecule has 0 radical (unpaired) electrons. The van der Waals surface area contributed by atoms with Gasteiger partial charge in [0.15, 0.2) is 0 Å². The van der Waals surface area contributed by atoms with Crippen LogP contribution in [0.3, 0.4) is 0 Å². The van der Waals surface area contributed by atoms with Crippen LogP contribution < -0.4 is 5.56 Å². The lowest BCUT2D eigenvalue weighted by atomic mass is 10.2. The quantitative estimate of drug-likeness (QED) is 0.398. The number of hydrogen-bond acceptors (Lipinski definition) is 6. The fraction of sp³-hybridized carbons (Fsp3) is 0.217. The molecule has 8 nitrogen and oxygen atoms in total. The Kier molecular flexibility index (Phi) is 4.73. The molecule has 0 bridgehead atoms. The van der Waals surface area contributed by atoms with Crippen LogP contribution in [-0.2, 0) is 11.3 Å². The van der Waals surface area contributed by atoms with E-state index in [-0.39, 0.29) is 46.7 Å². The summed E-state index contributed by atoms with van der Waals surface area (Å²) in [6.45, 7) is 0.765. The van der Waals surface area contributed by atoms with Crippen molar-refractivity contribution in [1.29, 1.82) is 0 Å². The van der Waals surface area contributed by atoms with Crippen LogP contribution in [0.1, 0.15) is 12.8 Å². The van der Waals surface area contributed by atoms with Gasteiger partial charge in [-0.25, -0.2) is 18.2 Å². The van der Waals surface area contributed by atoms with Gasteiger partial charge >= 0.3 is 0 Å². The minimum Gasteiger partial charge on any atom is -0.376 e. The molecule has 0 saturated carbocycles. The summed E-state index contributed by atoms with van der Waals surface area (Å²) < 4.78 is 56.0. The second-order valence-corrected chi connectivity index (χ2v) is 8.02. The molecule has 1 aliphatic heterocycles. The summed E-state index contributed by atoms with van der Waals surface area (Å²) >= 11 is 0. The first-order valence-electron chi connectivity index (χ1n) is 10.6. The van der Waals surface area contributed by atoms with E-state index in [0.717, 1.165) is 18.9 Å². The van der Waals surface area contributed by atoms with E-state index in [2.05, 4.69) is 15.1 Å². The highest BCUT2D eigenvalue weighted by Crippen LogP contribution is 2.28. The van der Waals surface area contributed by atoms with Crippen molar-refractivity contribution in [1.82, 2.24) is 24.1 Å². The average Bonchev–Trinajstić information content (AvgIpc) is 3.57. The summed E-state index contributed by atoms with van der Waals surface area (Å²) in [5, 5.41) is 3.85.